The first-order chi connectivity index (χ1) is 11.9. The number of hydrogen-bond acceptors (Lipinski definition) is 4. The van der Waals surface area contributed by atoms with Gasteiger partial charge in [-0.05, 0) is 37.6 Å². The zero-order valence-electron chi connectivity index (χ0n) is 14.6. The molecule has 2 heterocycles. The normalized spacial score (nSPS) is 18.5. The maximum atomic E-state index is 12.2. The maximum absolute atomic E-state index is 12.2. The third-order valence-electron chi connectivity index (χ3n) is 4.04. The topological polar surface area (TPSA) is 75.8 Å². The number of likely N-dealkylation sites (N-methyl/N-ethyl adjacent to an activating group) is 1. The number of nitrogens with zero attached hydrogens (tertiary/aromatic N) is 3. The van der Waals surface area contributed by atoms with Gasteiger partial charge in [-0.3, -0.25) is 4.90 Å². The molecule has 1 unspecified atom stereocenters. The lowest BCUT2D eigenvalue weighted by molar-refractivity contribution is -0.154. The van der Waals surface area contributed by atoms with Crippen LogP contribution in [0.5, 0.6) is 5.88 Å². The second-order valence-electron chi connectivity index (χ2n) is 5.91. The molecule has 0 aliphatic carbocycles. The number of likely N-dealkylation sites (tertiary alicyclic amines) is 1. The maximum Gasteiger partial charge on any atom is 0.422 e. The van der Waals surface area contributed by atoms with Gasteiger partial charge >= 0.3 is 6.18 Å². The van der Waals surface area contributed by atoms with Gasteiger partial charge in [-0.2, -0.15) is 13.2 Å². The first-order valence-electron chi connectivity index (χ1n) is 8.29. The summed E-state index contributed by atoms with van der Waals surface area (Å²) in [5.41, 5.74) is 6.54. The second-order valence-corrected chi connectivity index (χ2v) is 5.91. The summed E-state index contributed by atoms with van der Waals surface area (Å²) in [6.07, 6.45) is -0.679. The van der Waals surface area contributed by atoms with E-state index in [0.717, 1.165) is 26.1 Å². The largest absolute Gasteiger partial charge is 0.468 e. The van der Waals surface area contributed by atoms with E-state index in [4.69, 9.17) is 5.73 Å². The summed E-state index contributed by atoms with van der Waals surface area (Å²) in [5.74, 6) is 0.235. The molecule has 1 atom stereocenters. The van der Waals surface area contributed by atoms with Crippen LogP contribution in [-0.2, 0) is 6.54 Å². The minimum atomic E-state index is -4.39. The fraction of sp³-hybridized carbons (Fsp3) is 0.625. The number of guanidine groups is 1. The van der Waals surface area contributed by atoms with Crippen LogP contribution in [-0.4, -0.2) is 54.3 Å². The molecule has 2 rings (SSSR count). The molecule has 1 aliphatic rings. The minimum Gasteiger partial charge on any atom is -0.468 e. The molecule has 1 aromatic heterocycles. The number of halogens is 4. The lowest BCUT2D eigenvalue weighted by Gasteiger charge is -2.23. The number of aromatic nitrogens is 1. The number of ether oxygens (including phenoxy) is 1. The van der Waals surface area contributed by atoms with Gasteiger partial charge in [-0.1, -0.05) is 6.92 Å². The Morgan fingerprint density at radius 3 is 2.96 bits per heavy atom. The number of pyridine rings is 1. The Balaban J connectivity index is 0.00000338. The van der Waals surface area contributed by atoms with E-state index in [2.05, 4.69) is 31.9 Å². The van der Waals surface area contributed by atoms with E-state index in [-0.39, 0.29) is 36.4 Å². The monoisotopic (exact) mass is 487 g/mol. The SMILES string of the molecule is CCN1CCCC1CNC(N)=NCc1ccnc(OCC(F)(F)F)c1.I. The van der Waals surface area contributed by atoms with Crippen LogP contribution in [0.25, 0.3) is 0 Å². The van der Waals surface area contributed by atoms with Crippen LogP contribution in [0, 0.1) is 0 Å². The molecule has 1 aliphatic heterocycles. The van der Waals surface area contributed by atoms with Crippen molar-refractivity contribution in [2.45, 2.75) is 38.5 Å². The van der Waals surface area contributed by atoms with E-state index in [1.807, 2.05) is 0 Å². The molecule has 1 aromatic rings. The predicted molar refractivity (Wildman–Crippen MR) is 105 cm³/mol. The fourth-order valence-corrected chi connectivity index (χ4v) is 2.78. The smallest absolute Gasteiger partial charge is 0.422 e. The molecule has 6 nitrogen and oxygen atoms in total. The van der Waals surface area contributed by atoms with E-state index in [9.17, 15) is 13.2 Å². The number of rotatable bonds is 7. The first kappa shape index (κ1) is 22.7. The Morgan fingerprint density at radius 2 is 2.27 bits per heavy atom. The Bertz CT molecular complexity index is 585. The molecule has 26 heavy (non-hydrogen) atoms. The number of alkyl halides is 3. The molecular formula is C16H25F3IN5O. The number of hydrogen-bond donors (Lipinski definition) is 2. The van der Waals surface area contributed by atoms with Gasteiger partial charge in [0, 0.05) is 24.8 Å². The third-order valence-corrected chi connectivity index (χ3v) is 4.04. The van der Waals surface area contributed by atoms with Gasteiger partial charge < -0.3 is 15.8 Å². The van der Waals surface area contributed by atoms with Gasteiger partial charge in [-0.15, -0.1) is 24.0 Å². The van der Waals surface area contributed by atoms with Crippen LogP contribution in [0.3, 0.4) is 0 Å². The highest BCUT2D eigenvalue weighted by molar-refractivity contribution is 14.0. The van der Waals surface area contributed by atoms with Crippen LogP contribution in [0.1, 0.15) is 25.3 Å². The summed E-state index contributed by atoms with van der Waals surface area (Å²) >= 11 is 0. The minimum absolute atomic E-state index is 0. The molecule has 0 aromatic carbocycles. The first-order valence-corrected chi connectivity index (χ1v) is 8.29. The molecule has 0 bridgehead atoms. The fourth-order valence-electron chi connectivity index (χ4n) is 2.78. The van der Waals surface area contributed by atoms with Gasteiger partial charge in [0.15, 0.2) is 12.6 Å². The molecule has 1 fully saturated rings. The van der Waals surface area contributed by atoms with Crippen molar-refractivity contribution in [1.82, 2.24) is 15.2 Å². The molecule has 0 spiro atoms. The summed E-state index contributed by atoms with van der Waals surface area (Å²) < 4.78 is 41.1. The average Bonchev–Trinajstić information content (AvgIpc) is 3.03. The van der Waals surface area contributed by atoms with Gasteiger partial charge in [0.2, 0.25) is 5.88 Å². The van der Waals surface area contributed by atoms with Crippen molar-refractivity contribution in [3.8, 4) is 5.88 Å². The molecule has 1 saturated heterocycles. The second kappa shape index (κ2) is 10.8. The molecular weight excluding hydrogens is 462 g/mol. The Morgan fingerprint density at radius 1 is 1.50 bits per heavy atom. The van der Waals surface area contributed by atoms with Crippen molar-refractivity contribution >= 4 is 29.9 Å². The van der Waals surface area contributed by atoms with Crippen molar-refractivity contribution in [3.63, 3.8) is 0 Å². The highest BCUT2D eigenvalue weighted by Gasteiger charge is 2.28. The molecule has 3 N–H and O–H groups in total. The van der Waals surface area contributed by atoms with Crippen LogP contribution in [0.4, 0.5) is 13.2 Å². The lowest BCUT2D eigenvalue weighted by Crippen LogP contribution is -2.42. The Labute approximate surface area is 168 Å². The van der Waals surface area contributed by atoms with Crippen molar-refractivity contribution < 1.29 is 17.9 Å². The standard InChI is InChI=1S/C16H24F3N5O.HI/c1-2-24-7-3-4-13(24)10-23-15(20)22-9-12-5-6-21-14(8-12)25-11-16(17,18)19;/h5-6,8,13H,2-4,7,9-11H2,1H3,(H3,20,22,23);1H. The van der Waals surface area contributed by atoms with Crippen LogP contribution in [0.15, 0.2) is 23.3 Å². The molecule has 148 valence electrons. The number of nitrogens with one attached hydrogen (secondary N) is 1. The third kappa shape index (κ3) is 7.94. The van der Waals surface area contributed by atoms with Crippen LogP contribution < -0.4 is 15.8 Å². The van der Waals surface area contributed by atoms with Crippen molar-refractivity contribution in [2.24, 2.45) is 10.7 Å². The van der Waals surface area contributed by atoms with Crippen LogP contribution in [0.2, 0.25) is 0 Å². The number of aliphatic imine (C=N–C) groups is 1. The lowest BCUT2D eigenvalue weighted by atomic mass is 10.2. The highest BCUT2D eigenvalue weighted by atomic mass is 127. The molecule has 0 saturated carbocycles. The van der Waals surface area contributed by atoms with Crippen molar-refractivity contribution in [2.75, 3.05) is 26.2 Å². The summed E-state index contributed by atoms with van der Waals surface area (Å²) in [6.45, 7) is 3.87. The van der Waals surface area contributed by atoms with Crippen LogP contribution >= 0.6 is 24.0 Å². The Kier molecular flexibility index (Phi) is 9.41. The van der Waals surface area contributed by atoms with E-state index in [1.54, 1.807) is 6.07 Å². The summed E-state index contributed by atoms with van der Waals surface area (Å²) in [5, 5.41) is 3.11. The van der Waals surface area contributed by atoms with E-state index in [0.29, 0.717) is 17.6 Å². The summed E-state index contributed by atoms with van der Waals surface area (Å²) in [7, 11) is 0. The quantitative estimate of drug-likeness (QED) is 0.352. The van der Waals surface area contributed by atoms with Gasteiger partial charge in [0.05, 0.1) is 6.54 Å². The predicted octanol–water partition coefficient (Wildman–Crippen LogP) is 2.53. The zero-order chi connectivity index (χ0) is 18.3. The van der Waals surface area contributed by atoms with Gasteiger partial charge in [0.25, 0.3) is 0 Å². The van der Waals surface area contributed by atoms with E-state index >= 15 is 0 Å². The zero-order valence-corrected chi connectivity index (χ0v) is 17.0. The van der Waals surface area contributed by atoms with E-state index in [1.165, 1.54) is 18.7 Å². The molecule has 0 amide bonds. The summed E-state index contributed by atoms with van der Waals surface area (Å²) in [6, 6.07) is 3.55. The van der Waals surface area contributed by atoms with Gasteiger partial charge in [0.1, 0.15) is 0 Å². The average molecular weight is 487 g/mol. The number of nitrogens with two attached hydrogens (primary N) is 1. The molecule has 0 radical (unpaired) electrons. The van der Waals surface area contributed by atoms with Crippen molar-refractivity contribution in [3.05, 3.63) is 23.9 Å². The van der Waals surface area contributed by atoms with Crippen molar-refractivity contribution in [1.29, 1.82) is 0 Å². The van der Waals surface area contributed by atoms with Gasteiger partial charge in [-0.25, -0.2) is 9.98 Å². The summed E-state index contributed by atoms with van der Waals surface area (Å²) in [4.78, 5) is 10.4. The molecule has 10 heteroatoms. The van der Waals surface area contributed by atoms with E-state index < -0.39 is 12.8 Å². The Hall–Kier alpha value is -1.30. The highest BCUT2D eigenvalue weighted by Crippen LogP contribution is 2.18.